The van der Waals surface area contributed by atoms with E-state index >= 15 is 0 Å². The highest BCUT2D eigenvalue weighted by Crippen LogP contribution is 2.26. The molecule has 0 radical (unpaired) electrons. The SMILES string of the molecule is CN(C(=O)C1Cc2ccccc2N1)c1ccccc1. The summed E-state index contributed by atoms with van der Waals surface area (Å²) in [5.41, 5.74) is 3.20. The highest BCUT2D eigenvalue weighted by Gasteiger charge is 2.28. The Labute approximate surface area is 112 Å². The molecule has 0 saturated heterocycles. The molecule has 1 aliphatic heterocycles. The van der Waals surface area contributed by atoms with Crippen LogP contribution in [0.3, 0.4) is 0 Å². The molecule has 0 aromatic heterocycles. The average Bonchev–Trinajstić information content (AvgIpc) is 2.90. The third-order valence-electron chi connectivity index (χ3n) is 3.54. The van der Waals surface area contributed by atoms with Crippen LogP contribution in [0.4, 0.5) is 11.4 Å². The number of hydrogen-bond acceptors (Lipinski definition) is 2. The number of nitrogens with one attached hydrogen (secondary N) is 1. The van der Waals surface area contributed by atoms with Crippen LogP contribution in [-0.2, 0) is 11.2 Å². The predicted molar refractivity (Wildman–Crippen MR) is 77.4 cm³/mol. The number of nitrogens with zero attached hydrogens (tertiary/aromatic N) is 1. The summed E-state index contributed by atoms with van der Waals surface area (Å²) in [7, 11) is 1.82. The normalized spacial score (nSPS) is 16.6. The van der Waals surface area contributed by atoms with Gasteiger partial charge in [-0.2, -0.15) is 0 Å². The Hall–Kier alpha value is -2.29. The Morgan fingerprint density at radius 3 is 2.53 bits per heavy atom. The number of carbonyl (C=O) groups excluding carboxylic acids is 1. The lowest BCUT2D eigenvalue weighted by atomic mass is 10.1. The quantitative estimate of drug-likeness (QED) is 0.891. The molecule has 0 fully saturated rings. The Kier molecular flexibility index (Phi) is 2.95. The van der Waals surface area contributed by atoms with Crippen LogP contribution >= 0.6 is 0 Å². The zero-order chi connectivity index (χ0) is 13.2. The van der Waals surface area contributed by atoms with E-state index < -0.39 is 0 Å². The Morgan fingerprint density at radius 1 is 1.11 bits per heavy atom. The number of amides is 1. The minimum absolute atomic E-state index is 0.0994. The standard InChI is InChI=1S/C16H16N2O/c1-18(13-8-3-2-4-9-13)16(19)15-11-12-7-5-6-10-14(12)17-15/h2-10,15,17H,11H2,1H3. The minimum atomic E-state index is -0.164. The summed E-state index contributed by atoms with van der Waals surface area (Å²) in [6, 6.07) is 17.6. The average molecular weight is 252 g/mol. The van der Waals surface area contributed by atoms with Crippen LogP contribution < -0.4 is 10.2 Å². The Morgan fingerprint density at radius 2 is 1.79 bits per heavy atom. The lowest BCUT2D eigenvalue weighted by Crippen LogP contribution is -2.39. The summed E-state index contributed by atoms with van der Waals surface area (Å²) in [6.07, 6.45) is 0.756. The number of fused-ring (bicyclic) bond motifs is 1. The first kappa shape index (κ1) is 11.8. The van der Waals surface area contributed by atoms with Crippen LogP contribution in [0.1, 0.15) is 5.56 Å². The molecule has 3 rings (SSSR count). The summed E-state index contributed by atoms with van der Waals surface area (Å²) in [5.74, 6) is 0.0994. The van der Waals surface area contributed by atoms with Crippen LogP contribution in [0, 0.1) is 0 Å². The van der Waals surface area contributed by atoms with Crippen LogP contribution in [0.15, 0.2) is 54.6 Å². The van der Waals surface area contributed by atoms with Gasteiger partial charge in [-0.15, -0.1) is 0 Å². The molecule has 1 heterocycles. The number of anilines is 2. The first-order valence-electron chi connectivity index (χ1n) is 6.43. The van der Waals surface area contributed by atoms with E-state index in [0.29, 0.717) is 0 Å². The maximum atomic E-state index is 12.5. The maximum Gasteiger partial charge on any atom is 0.249 e. The van der Waals surface area contributed by atoms with E-state index in [2.05, 4.69) is 11.4 Å². The maximum absolute atomic E-state index is 12.5. The van der Waals surface area contributed by atoms with E-state index in [0.717, 1.165) is 17.8 Å². The fourth-order valence-corrected chi connectivity index (χ4v) is 2.46. The van der Waals surface area contributed by atoms with Crippen molar-refractivity contribution >= 4 is 17.3 Å². The predicted octanol–water partition coefficient (Wildman–Crippen LogP) is 2.69. The highest BCUT2D eigenvalue weighted by atomic mass is 16.2. The molecule has 19 heavy (non-hydrogen) atoms. The summed E-state index contributed by atoms with van der Waals surface area (Å²) in [6.45, 7) is 0. The third kappa shape index (κ3) is 2.19. The molecular weight excluding hydrogens is 236 g/mol. The molecule has 0 saturated carbocycles. The highest BCUT2D eigenvalue weighted by molar-refractivity contribution is 5.99. The molecule has 3 heteroatoms. The molecule has 1 N–H and O–H groups in total. The lowest BCUT2D eigenvalue weighted by molar-refractivity contribution is -0.118. The zero-order valence-electron chi connectivity index (χ0n) is 10.8. The van der Waals surface area contributed by atoms with Gasteiger partial charge in [0.15, 0.2) is 0 Å². The first-order chi connectivity index (χ1) is 9.25. The largest absolute Gasteiger partial charge is 0.373 e. The van der Waals surface area contributed by atoms with Crippen molar-refractivity contribution in [3.63, 3.8) is 0 Å². The van der Waals surface area contributed by atoms with E-state index in [9.17, 15) is 4.79 Å². The number of benzene rings is 2. The van der Waals surface area contributed by atoms with E-state index in [1.54, 1.807) is 4.90 Å². The number of para-hydroxylation sites is 2. The van der Waals surface area contributed by atoms with Gasteiger partial charge in [-0.25, -0.2) is 0 Å². The summed E-state index contributed by atoms with van der Waals surface area (Å²) < 4.78 is 0. The van der Waals surface area contributed by atoms with E-state index in [-0.39, 0.29) is 11.9 Å². The summed E-state index contributed by atoms with van der Waals surface area (Å²) in [5, 5.41) is 3.29. The van der Waals surface area contributed by atoms with Gasteiger partial charge in [0.25, 0.3) is 0 Å². The van der Waals surface area contributed by atoms with Gasteiger partial charge in [0, 0.05) is 24.8 Å². The smallest absolute Gasteiger partial charge is 0.249 e. The second-order valence-electron chi connectivity index (χ2n) is 4.79. The van der Waals surface area contributed by atoms with E-state index in [1.165, 1.54) is 5.56 Å². The van der Waals surface area contributed by atoms with Crippen LogP contribution in [-0.4, -0.2) is 19.0 Å². The molecule has 1 atom stereocenters. The van der Waals surface area contributed by atoms with Gasteiger partial charge < -0.3 is 10.2 Å². The molecule has 1 unspecified atom stereocenters. The second-order valence-corrected chi connectivity index (χ2v) is 4.79. The number of rotatable bonds is 2. The Balaban J connectivity index is 1.77. The van der Waals surface area contributed by atoms with Gasteiger partial charge in [-0.1, -0.05) is 36.4 Å². The van der Waals surface area contributed by atoms with Gasteiger partial charge >= 0.3 is 0 Å². The van der Waals surface area contributed by atoms with Crippen LogP contribution in [0.5, 0.6) is 0 Å². The first-order valence-corrected chi connectivity index (χ1v) is 6.43. The van der Waals surface area contributed by atoms with Crippen molar-refractivity contribution in [2.24, 2.45) is 0 Å². The molecule has 0 aliphatic carbocycles. The molecule has 0 spiro atoms. The third-order valence-corrected chi connectivity index (χ3v) is 3.54. The van der Waals surface area contributed by atoms with Gasteiger partial charge in [0.1, 0.15) is 6.04 Å². The fraction of sp³-hybridized carbons (Fsp3) is 0.188. The molecule has 1 aliphatic rings. The van der Waals surface area contributed by atoms with Gasteiger partial charge in [-0.05, 0) is 23.8 Å². The van der Waals surface area contributed by atoms with Crippen molar-refractivity contribution in [2.45, 2.75) is 12.5 Å². The van der Waals surface area contributed by atoms with Gasteiger partial charge in [0.2, 0.25) is 5.91 Å². The van der Waals surface area contributed by atoms with Crippen molar-refractivity contribution in [2.75, 3.05) is 17.3 Å². The number of carbonyl (C=O) groups is 1. The van der Waals surface area contributed by atoms with Crippen molar-refractivity contribution in [1.82, 2.24) is 0 Å². The van der Waals surface area contributed by atoms with Crippen molar-refractivity contribution < 1.29 is 4.79 Å². The van der Waals surface area contributed by atoms with Crippen LogP contribution in [0.2, 0.25) is 0 Å². The zero-order valence-corrected chi connectivity index (χ0v) is 10.8. The van der Waals surface area contributed by atoms with E-state index in [1.807, 2.05) is 55.6 Å². The monoisotopic (exact) mass is 252 g/mol. The minimum Gasteiger partial charge on any atom is -0.373 e. The van der Waals surface area contributed by atoms with Crippen molar-refractivity contribution in [3.8, 4) is 0 Å². The summed E-state index contributed by atoms with van der Waals surface area (Å²) >= 11 is 0. The van der Waals surface area contributed by atoms with Crippen molar-refractivity contribution in [1.29, 1.82) is 0 Å². The lowest BCUT2D eigenvalue weighted by Gasteiger charge is -2.21. The van der Waals surface area contributed by atoms with Gasteiger partial charge in [0.05, 0.1) is 0 Å². The molecule has 1 amide bonds. The molecule has 3 nitrogen and oxygen atoms in total. The fourth-order valence-electron chi connectivity index (χ4n) is 2.46. The number of likely N-dealkylation sites (N-methyl/N-ethyl adjacent to an activating group) is 1. The molecular formula is C16H16N2O. The van der Waals surface area contributed by atoms with Gasteiger partial charge in [-0.3, -0.25) is 4.79 Å². The van der Waals surface area contributed by atoms with Crippen molar-refractivity contribution in [3.05, 3.63) is 60.2 Å². The molecule has 0 bridgehead atoms. The number of hydrogen-bond donors (Lipinski definition) is 1. The van der Waals surface area contributed by atoms with E-state index in [4.69, 9.17) is 0 Å². The molecule has 96 valence electrons. The summed E-state index contributed by atoms with van der Waals surface area (Å²) in [4.78, 5) is 14.2. The second kappa shape index (κ2) is 4.76. The van der Waals surface area contributed by atoms with Crippen LogP contribution in [0.25, 0.3) is 0 Å². The molecule has 2 aromatic carbocycles. The molecule has 2 aromatic rings. The topological polar surface area (TPSA) is 32.3 Å². The Bertz CT molecular complexity index is 570.